The van der Waals surface area contributed by atoms with E-state index in [4.69, 9.17) is 15.6 Å². The Morgan fingerprint density at radius 1 is 1.69 bits per heavy atom. The summed E-state index contributed by atoms with van der Waals surface area (Å²) >= 11 is 0. The van der Waals surface area contributed by atoms with Crippen molar-refractivity contribution in [2.24, 2.45) is 11.7 Å². The second-order valence-electron chi connectivity index (χ2n) is 4.28. The van der Waals surface area contributed by atoms with Crippen molar-refractivity contribution in [1.82, 2.24) is 4.90 Å². The molecule has 1 amide bonds. The van der Waals surface area contributed by atoms with E-state index in [2.05, 4.69) is 0 Å². The number of carbonyl (C=O) groups is 1. The van der Waals surface area contributed by atoms with Gasteiger partial charge >= 0.3 is 6.09 Å². The second kappa shape index (κ2) is 6.70. The molecule has 1 heterocycles. The highest BCUT2D eigenvalue weighted by molar-refractivity contribution is 5.65. The van der Waals surface area contributed by atoms with Crippen LogP contribution in [0.3, 0.4) is 0 Å². The van der Waals surface area contributed by atoms with Crippen molar-refractivity contribution in [1.29, 1.82) is 0 Å². The average Bonchev–Trinajstić information content (AvgIpc) is 2.29. The van der Waals surface area contributed by atoms with Crippen molar-refractivity contribution in [3.05, 3.63) is 0 Å². The molecule has 0 saturated carbocycles. The van der Waals surface area contributed by atoms with Gasteiger partial charge < -0.3 is 20.5 Å². The van der Waals surface area contributed by atoms with Gasteiger partial charge in [-0.3, -0.25) is 0 Å². The Morgan fingerprint density at radius 3 is 2.88 bits per heavy atom. The van der Waals surface area contributed by atoms with Crippen molar-refractivity contribution < 1.29 is 14.6 Å². The van der Waals surface area contributed by atoms with Crippen molar-refractivity contribution in [2.45, 2.75) is 32.2 Å². The van der Waals surface area contributed by atoms with E-state index in [1.807, 2.05) is 6.92 Å². The third kappa shape index (κ3) is 3.64. The summed E-state index contributed by atoms with van der Waals surface area (Å²) in [5.74, 6) is 0.454. The standard InChI is InChI=1S/C11H22N2O3/c1-2-13(11(14)15)10(7-12)6-9-4-3-5-16-8-9/h9-10H,2-8,12H2,1H3,(H,14,15)/t9-,10+/m1/s1. The Labute approximate surface area is 96.6 Å². The number of hydrogen-bond acceptors (Lipinski definition) is 3. The molecule has 0 aromatic heterocycles. The first kappa shape index (κ1) is 13.3. The highest BCUT2D eigenvalue weighted by Gasteiger charge is 2.25. The SMILES string of the molecule is CCN(C(=O)O)[C@H](CN)C[C@H]1CCCOC1. The van der Waals surface area contributed by atoms with Gasteiger partial charge in [0.1, 0.15) is 0 Å². The predicted octanol–water partition coefficient (Wildman–Crippen LogP) is 1.13. The quantitative estimate of drug-likeness (QED) is 0.742. The minimum Gasteiger partial charge on any atom is -0.465 e. The zero-order valence-electron chi connectivity index (χ0n) is 9.89. The van der Waals surface area contributed by atoms with E-state index >= 15 is 0 Å². The highest BCUT2D eigenvalue weighted by Crippen LogP contribution is 2.20. The molecule has 94 valence electrons. The van der Waals surface area contributed by atoms with Crippen LogP contribution in [0.5, 0.6) is 0 Å². The Morgan fingerprint density at radius 2 is 2.44 bits per heavy atom. The van der Waals surface area contributed by atoms with E-state index in [0.29, 0.717) is 19.0 Å². The largest absolute Gasteiger partial charge is 0.465 e. The van der Waals surface area contributed by atoms with Gasteiger partial charge in [0.15, 0.2) is 0 Å². The minimum absolute atomic E-state index is 0.0748. The summed E-state index contributed by atoms with van der Waals surface area (Å²) in [6.07, 6.45) is 2.13. The van der Waals surface area contributed by atoms with Crippen LogP contribution < -0.4 is 5.73 Å². The van der Waals surface area contributed by atoms with Crippen molar-refractivity contribution in [3.8, 4) is 0 Å². The van der Waals surface area contributed by atoms with Crippen molar-refractivity contribution in [2.75, 3.05) is 26.3 Å². The molecule has 0 aliphatic carbocycles. The molecule has 3 N–H and O–H groups in total. The van der Waals surface area contributed by atoms with Gasteiger partial charge in [-0.25, -0.2) is 4.79 Å². The van der Waals surface area contributed by atoms with Crippen LogP contribution in [0, 0.1) is 5.92 Å². The molecule has 5 heteroatoms. The molecule has 0 spiro atoms. The molecule has 1 aliphatic rings. The molecular formula is C11H22N2O3. The molecule has 1 rings (SSSR count). The number of rotatable bonds is 5. The number of nitrogens with two attached hydrogens (primary N) is 1. The molecule has 0 unspecified atom stereocenters. The maximum absolute atomic E-state index is 11.0. The molecule has 1 fully saturated rings. The number of ether oxygens (including phenoxy) is 1. The summed E-state index contributed by atoms with van der Waals surface area (Å²) in [7, 11) is 0. The lowest BCUT2D eigenvalue weighted by molar-refractivity contribution is 0.0386. The van der Waals surface area contributed by atoms with Crippen LogP contribution >= 0.6 is 0 Å². The lowest BCUT2D eigenvalue weighted by Crippen LogP contribution is -2.45. The summed E-state index contributed by atoms with van der Waals surface area (Å²) in [6, 6.07) is -0.0748. The fourth-order valence-electron chi connectivity index (χ4n) is 2.28. The van der Waals surface area contributed by atoms with Crippen LogP contribution in [-0.2, 0) is 4.74 Å². The molecular weight excluding hydrogens is 208 g/mol. The molecule has 1 saturated heterocycles. The number of amides is 1. The van der Waals surface area contributed by atoms with Crippen LogP contribution in [0.15, 0.2) is 0 Å². The van der Waals surface area contributed by atoms with Crippen LogP contribution in [0.4, 0.5) is 4.79 Å². The smallest absolute Gasteiger partial charge is 0.407 e. The van der Waals surface area contributed by atoms with Gasteiger partial charge in [-0.15, -0.1) is 0 Å². The fourth-order valence-corrected chi connectivity index (χ4v) is 2.28. The number of nitrogens with zero attached hydrogens (tertiary/aromatic N) is 1. The maximum Gasteiger partial charge on any atom is 0.407 e. The first-order valence-electron chi connectivity index (χ1n) is 5.96. The van der Waals surface area contributed by atoms with Gasteiger partial charge in [-0.05, 0) is 32.1 Å². The molecule has 2 atom stereocenters. The summed E-state index contributed by atoms with van der Waals surface area (Å²) in [5, 5.41) is 9.04. The molecule has 0 radical (unpaired) electrons. The predicted molar refractivity (Wildman–Crippen MR) is 61.4 cm³/mol. The van der Waals surface area contributed by atoms with Gasteiger partial charge in [-0.2, -0.15) is 0 Å². The maximum atomic E-state index is 11.0. The van der Waals surface area contributed by atoms with E-state index in [-0.39, 0.29) is 6.04 Å². The normalized spacial score (nSPS) is 22.8. The monoisotopic (exact) mass is 230 g/mol. The number of carboxylic acid groups (broad SMARTS) is 1. The summed E-state index contributed by atoms with van der Waals surface area (Å²) in [4.78, 5) is 12.4. The van der Waals surface area contributed by atoms with Crippen molar-refractivity contribution >= 4 is 6.09 Å². The zero-order valence-corrected chi connectivity index (χ0v) is 9.89. The van der Waals surface area contributed by atoms with Crippen LogP contribution in [0.1, 0.15) is 26.2 Å². The highest BCUT2D eigenvalue weighted by atomic mass is 16.5. The summed E-state index contributed by atoms with van der Waals surface area (Å²) in [5.41, 5.74) is 5.66. The summed E-state index contributed by atoms with van der Waals surface area (Å²) < 4.78 is 5.39. The van der Waals surface area contributed by atoms with E-state index in [0.717, 1.165) is 32.5 Å². The van der Waals surface area contributed by atoms with Crippen LogP contribution in [0.25, 0.3) is 0 Å². The second-order valence-corrected chi connectivity index (χ2v) is 4.28. The molecule has 0 bridgehead atoms. The molecule has 1 aliphatic heterocycles. The van der Waals surface area contributed by atoms with E-state index in [1.54, 1.807) is 0 Å². The fraction of sp³-hybridized carbons (Fsp3) is 0.909. The number of likely N-dealkylation sites (N-methyl/N-ethyl adjacent to an activating group) is 1. The Kier molecular flexibility index (Phi) is 5.55. The van der Waals surface area contributed by atoms with Gasteiger partial charge in [0.2, 0.25) is 0 Å². The first-order chi connectivity index (χ1) is 7.69. The van der Waals surface area contributed by atoms with E-state index < -0.39 is 6.09 Å². The Balaban J connectivity index is 2.48. The van der Waals surface area contributed by atoms with E-state index in [9.17, 15) is 4.79 Å². The average molecular weight is 230 g/mol. The molecule has 16 heavy (non-hydrogen) atoms. The summed E-state index contributed by atoms with van der Waals surface area (Å²) in [6.45, 7) is 4.30. The van der Waals surface area contributed by atoms with Gasteiger partial charge in [0.05, 0.1) is 0 Å². The lowest BCUT2D eigenvalue weighted by Gasteiger charge is -2.31. The Hall–Kier alpha value is -0.810. The molecule has 0 aromatic carbocycles. The first-order valence-corrected chi connectivity index (χ1v) is 5.96. The topological polar surface area (TPSA) is 75.8 Å². The lowest BCUT2D eigenvalue weighted by atomic mass is 9.93. The minimum atomic E-state index is -0.880. The third-order valence-corrected chi connectivity index (χ3v) is 3.16. The van der Waals surface area contributed by atoms with Crippen LogP contribution in [0.2, 0.25) is 0 Å². The molecule has 5 nitrogen and oxygen atoms in total. The van der Waals surface area contributed by atoms with Gasteiger partial charge in [0, 0.05) is 32.3 Å². The number of hydrogen-bond donors (Lipinski definition) is 2. The molecule has 0 aromatic rings. The van der Waals surface area contributed by atoms with Crippen molar-refractivity contribution in [3.63, 3.8) is 0 Å². The Bertz CT molecular complexity index is 217. The zero-order chi connectivity index (χ0) is 12.0. The van der Waals surface area contributed by atoms with Gasteiger partial charge in [-0.1, -0.05) is 0 Å². The van der Waals surface area contributed by atoms with E-state index in [1.165, 1.54) is 4.90 Å². The third-order valence-electron chi connectivity index (χ3n) is 3.16. The van der Waals surface area contributed by atoms with Crippen LogP contribution in [-0.4, -0.2) is 48.4 Å². The van der Waals surface area contributed by atoms with Gasteiger partial charge in [0.25, 0.3) is 0 Å².